The Morgan fingerprint density at radius 3 is 2.44 bits per heavy atom. The van der Waals surface area contributed by atoms with Crippen LogP contribution in [-0.4, -0.2) is 64.0 Å². The number of aliphatic hydroxyl groups excluding tert-OH is 3. The SMILES string of the molecule is CCOc1ccc(Cc2cc(C3(O)O[C@H](COC(C)=O)[C@@H](O)[C@H](O)[C@@H]3O)ccc2Cl)cc1. The quantitative estimate of drug-likeness (QED) is 0.452. The molecular formula is C23H27ClO8. The van der Waals surface area contributed by atoms with Crippen LogP contribution in [-0.2, 0) is 26.5 Å². The number of ether oxygens (including phenoxy) is 3. The summed E-state index contributed by atoms with van der Waals surface area (Å²) in [5.41, 5.74) is 1.72. The van der Waals surface area contributed by atoms with Crippen LogP contribution in [0.3, 0.4) is 0 Å². The highest BCUT2D eigenvalue weighted by atomic mass is 35.5. The summed E-state index contributed by atoms with van der Waals surface area (Å²) in [4.78, 5) is 11.1. The Morgan fingerprint density at radius 1 is 1.12 bits per heavy atom. The summed E-state index contributed by atoms with van der Waals surface area (Å²) in [7, 11) is 0. The molecule has 8 nitrogen and oxygen atoms in total. The smallest absolute Gasteiger partial charge is 0.302 e. The van der Waals surface area contributed by atoms with Crippen LogP contribution < -0.4 is 4.74 Å². The van der Waals surface area contributed by atoms with E-state index in [1.807, 2.05) is 31.2 Å². The summed E-state index contributed by atoms with van der Waals surface area (Å²) in [6.45, 7) is 3.24. The van der Waals surface area contributed by atoms with E-state index in [9.17, 15) is 25.2 Å². The van der Waals surface area contributed by atoms with E-state index in [-0.39, 0.29) is 5.56 Å². The average Bonchev–Trinajstić information content (AvgIpc) is 2.77. The zero-order valence-electron chi connectivity index (χ0n) is 17.8. The summed E-state index contributed by atoms with van der Waals surface area (Å²) in [6.07, 6.45) is -5.99. The minimum Gasteiger partial charge on any atom is -0.494 e. The number of halogens is 1. The van der Waals surface area contributed by atoms with Gasteiger partial charge < -0.3 is 34.6 Å². The van der Waals surface area contributed by atoms with Gasteiger partial charge in [0.1, 0.15) is 36.8 Å². The fourth-order valence-corrected chi connectivity index (χ4v) is 3.79. The van der Waals surface area contributed by atoms with Gasteiger partial charge in [-0.25, -0.2) is 0 Å². The van der Waals surface area contributed by atoms with Crippen LogP contribution in [0.25, 0.3) is 0 Å². The molecule has 1 fully saturated rings. The Hall–Kier alpha value is -2.20. The Morgan fingerprint density at radius 2 is 1.81 bits per heavy atom. The maximum Gasteiger partial charge on any atom is 0.302 e. The predicted molar refractivity (Wildman–Crippen MR) is 115 cm³/mol. The van der Waals surface area contributed by atoms with Gasteiger partial charge in [0.2, 0.25) is 5.79 Å². The van der Waals surface area contributed by atoms with Crippen LogP contribution in [0.1, 0.15) is 30.5 Å². The number of carbonyl (C=O) groups is 1. The molecule has 9 heteroatoms. The van der Waals surface area contributed by atoms with Crippen LogP contribution in [0, 0.1) is 0 Å². The van der Waals surface area contributed by atoms with Gasteiger partial charge in [0.25, 0.3) is 0 Å². The molecule has 2 aromatic carbocycles. The molecule has 1 unspecified atom stereocenters. The van der Waals surface area contributed by atoms with Crippen molar-refractivity contribution in [2.45, 2.75) is 50.5 Å². The lowest BCUT2D eigenvalue weighted by molar-refractivity contribution is -0.358. The summed E-state index contributed by atoms with van der Waals surface area (Å²) >= 11 is 6.36. The standard InChI is InChI=1S/C23H27ClO8/c1-3-30-17-7-4-14(5-8-17)10-15-11-16(6-9-18(15)24)23(29)22(28)21(27)20(26)19(32-23)12-31-13(2)25/h4-9,11,19-22,26-29H,3,10,12H2,1-2H3/t19-,20-,21+,22+,23?/m1/s1. The highest BCUT2D eigenvalue weighted by molar-refractivity contribution is 6.31. The van der Waals surface area contributed by atoms with E-state index in [2.05, 4.69) is 0 Å². The molecule has 0 aromatic heterocycles. The van der Waals surface area contributed by atoms with Crippen molar-refractivity contribution in [1.29, 1.82) is 0 Å². The summed E-state index contributed by atoms with van der Waals surface area (Å²) in [5.74, 6) is -2.23. The van der Waals surface area contributed by atoms with Crippen molar-refractivity contribution in [3.05, 3.63) is 64.2 Å². The minimum atomic E-state index is -2.36. The number of benzene rings is 2. The Kier molecular flexibility index (Phi) is 7.76. The lowest BCUT2D eigenvalue weighted by atomic mass is 9.87. The second-order valence-electron chi connectivity index (χ2n) is 7.64. The van der Waals surface area contributed by atoms with Crippen molar-refractivity contribution >= 4 is 17.6 Å². The number of hydrogen-bond donors (Lipinski definition) is 4. The van der Waals surface area contributed by atoms with Crippen molar-refractivity contribution in [2.24, 2.45) is 0 Å². The molecule has 0 spiro atoms. The van der Waals surface area contributed by atoms with E-state index in [4.69, 9.17) is 25.8 Å². The van der Waals surface area contributed by atoms with Crippen LogP contribution >= 0.6 is 11.6 Å². The normalized spacial score (nSPS) is 27.7. The molecule has 4 N–H and O–H groups in total. The molecule has 1 heterocycles. The molecular weight excluding hydrogens is 440 g/mol. The first-order valence-corrected chi connectivity index (χ1v) is 10.6. The van der Waals surface area contributed by atoms with Crippen LogP contribution in [0.15, 0.2) is 42.5 Å². The molecule has 1 aliphatic rings. The molecule has 0 amide bonds. The number of aliphatic hydroxyl groups is 4. The summed E-state index contributed by atoms with van der Waals surface area (Å²) in [5, 5.41) is 42.6. The van der Waals surface area contributed by atoms with Gasteiger partial charge in [-0.05, 0) is 48.7 Å². The highest BCUT2D eigenvalue weighted by Gasteiger charge is 2.54. The Labute approximate surface area is 190 Å². The van der Waals surface area contributed by atoms with Crippen molar-refractivity contribution in [2.75, 3.05) is 13.2 Å². The highest BCUT2D eigenvalue weighted by Crippen LogP contribution is 2.38. The van der Waals surface area contributed by atoms with Gasteiger partial charge in [-0.3, -0.25) is 4.79 Å². The van der Waals surface area contributed by atoms with Crippen molar-refractivity contribution in [1.82, 2.24) is 0 Å². The molecule has 1 saturated heterocycles. The summed E-state index contributed by atoms with van der Waals surface area (Å²) in [6, 6.07) is 12.0. The third kappa shape index (κ3) is 5.23. The fourth-order valence-electron chi connectivity index (χ4n) is 3.60. The number of carbonyl (C=O) groups excluding carboxylic acids is 1. The van der Waals surface area contributed by atoms with Crippen molar-refractivity contribution in [3.8, 4) is 5.75 Å². The van der Waals surface area contributed by atoms with E-state index in [0.29, 0.717) is 23.6 Å². The number of esters is 1. The fraction of sp³-hybridized carbons (Fsp3) is 0.435. The number of hydrogen-bond acceptors (Lipinski definition) is 8. The molecule has 0 radical (unpaired) electrons. The molecule has 174 valence electrons. The van der Waals surface area contributed by atoms with Gasteiger partial charge in [0.05, 0.1) is 6.61 Å². The van der Waals surface area contributed by atoms with Crippen LogP contribution in [0.5, 0.6) is 5.75 Å². The molecule has 3 rings (SSSR count). The Balaban J connectivity index is 1.87. The van der Waals surface area contributed by atoms with E-state index in [0.717, 1.165) is 11.3 Å². The molecule has 0 bridgehead atoms. The van der Waals surface area contributed by atoms with Gasteiger partial charge in [-0.2, -0.15) is 0 Å². The topological polar surface area (TPSA) is 126 Å². The first kappa shape index (κ1) is 24.4. The summed E-state index contributed by atoms with van der Waals surface area (Å²) < 4.78 is 15.8. The molecule has 1 aliphatic heterocycles. The van der Waals surface area contributed by atoms with Gasteiger partial charge >= 0.3 is 5.97 Å². The second-order valence-corrected chi connectivity index (χ2v) is 8.05. The first-order valence-electron chi connectivity index (χ1n) is 10.2. The maximum absolute atomic E-state index is 11.2. The maximum atomic E-state index is 11.2. The second kappa shape index (κ2) is 10.2. The molecule has 0 aliphatic carbocycles. The van der Waals surface area contributed by atoms with Crippen LogP contribution in [0.2, 0.25) is 5.02 Å². The molecule has 5 atom stereocenters. The minimum absolute atomic E-state index is 0.133. The van der Waals surface area contributed by atoms with Gasteiger partial charge in [0, 0.05) is 17.5 Å². The van der Waals surface area contributed by atoms with Crippen LogP contribution in [0.4, 0.5) is 0 Å². The van der Waals surface area contributed by atoms with Crippen molar-refractivity contribution < 1.29 is 39.4 Å². The zero-order chi connectivity index (χ0) is 23.5. The Bertz CT molecular complexity index is 934. The average molecular weight is 467 g/mol. The largest absolute Gasteiger partial charge is 0.494 e. The molecule has 32 heavy (non-hydrogen) atoms. The third-order valence-corrected chi connectivity index (χ3v) is 5.69. The van der Waals surface area contributed by atoms with Gasteiger partial charge in [-0.15, -0.1) is 0 Å². The molecule has 0 saturated carbocycles. The predicted octanol–water partition coefficient (Wildman–Crippen LogP) is 1.52. The van der Waals surface area contributed by atoms with Gasteiger partial charge in [0.15, 0.2) is 0 Å². The van der Waals surface area contributed by atoms with Gasteiger partial charge in [-0.1, -0.05) is 29.8 Å². The van der Waals surface area contributed by atoms with E-state index >= 15 is 0 Å². The third-order valence-electron chi connectivity index (χ3n) is 5.33. The van der Waals surface area contributed by atoms with Crippen molar-refractivity contribution in [3.63, 3.8) is 0 Å². The van der Waals surface area contributed by atoms with E-state index in [1.54, 1.807) is 12.1 Å². The molecule has 2 aromatic rings. The van der Waals surface area contributed by atoms with E-state index in [1.165, 1.54) is 13.0 Å². The first-order chi connectivity index (χ1) is 15.2. The lowest BCUT2D eigenvalue weighted by Crippen LogP contribution is -2.63. The zero-order valence-corrected chi connectivity index (χ0v) is 18.5. The lowest BCUT2D eigenvalue weighted by Gasteiger charge is -2.45. The number of rotatable bonds is 7. The van der Waals surface area contributed by atoms with E-state index < -0.39 is 42.8 Å². The monoisotopic (exact) mass is 466 g/mol.